The number of halogens is 1. The van der Waals surface area contributed by atoms with E-state index in [2.05, 4.69) is 30.0 Å². The largest absolute Gasteiger partial charge is 0.493 e. The van der Waals surface area contributed by atoms with E-state index in [0.29, 0.717) is 28.6 Å². The van der Waals surface area contributed by atoms with Crippen LogP contribution in [0.15, 0.2) is 42.6 Å². The molecule has 3 rings (SSSR count). The average Bonchev–Trinajstić information content (AvgIpc) is 2.79. The molecular weight excluding hydrogens is 479 g/mol. The van der Waals surface area contributed by atoms with Crippen LogP contribution in [0.1, 0.15) is 13.8 Å². The van der Waals surface area contributed by atoms with E-state index in [1.54, 1.807) is 44.2 Å². The van der Waals surface area contributed by atoms with Crippen molar-refractivity contribution in [1.82, 2.24) is 14.7 Å². The molecule has 4 N–H and O–H groups in total. The summed E-state index contributed by atoms with van der Waals surface area (Å²) >= 11 is 0. The third-order valence-corrected chi connectivity index (χ3v) is 5.72. The number of aromatic nitrogens is 2. The highest BCUT2D eigenvalue weighted by Crippen LogP contribution is 2.40. The molecule has 0 atom stereocenters. The molecule has 0 fully saturated rings. The van der Waals surface area contributed by atoms with E-state index in [0.717, 1.165) is 6.20 Å². The molecule has 1 aromatic heterocycles. The van der Waals surface area contributed by atoms with Gasteiger partial charge in [0, 0.05) is 29.5 Å². The fourth-order valence-electron chi connectivity index (χ4n) is 3.09. The van der Waals surface area contributed by atoms with Crippen LogP contribution in [0.4, 0.5) is 33.2 Å². The zero-order valence-corrected chi connectivity index (χ0v) is 20.7. The molecule has 35 heavy (non-hydrogen) atoms. The molecule has 0 unspecified atom stereocenters. The maximum Gasteiger partial charge on any atom is 0.299 e. The van der Waals surface area contributed by atoms with Crippen molar-refractivity contribution < 1.29 is 27.0 Å². The zero-order valence-electron chi connectivity index (χ0n) is 19.8. The molecule has 0 bridgehead atoms. The van der Waals surface area contributed by atoms with Gasteiger partial charge in [-0.25, -0.2) is 9.37 Å². The van der Waals surface area contributed by atoms with E-state index >= 15 is 0 Å². The van der Waals surface area contributed by atoms with Crippen molar-refractivity contribution in [3.63, 3.8) is 0 Å². The van der Waals surface area contributed by atoms with Crippen LogP contribution in [-0.4, -0.2) is 45.8 Å². The SMILES string of the molecule is COc1cc(Nc2ncc(F)c(Nc3cccc(NS(=O)(=O)NC(C)C)c3)n2)cc(OC)c1OC. The van der Waals surface area contributed by atoms with Crippen molar-refractivity contribution in [2.24, 2.45) is 0 Å². The molecule has 0 saturated carbocycles. The van der Waals surface area contributed by atoms with Gasteiger partial charge in [-0.15, -0.1) is 0 Å². The number of benzene rings is 2. The van der Waals surface area contributed by atoms with E-state index in [4.69, 9.17) is 14.2 Å². The summed E-state index contributed by atoms with van der Waals surface area (Å²) in [4.78, 5) is 8.16. The Hall–Kier alpha value is -3.84. The Balaban J connectivity index is 1.82. The topological polar surface area (TPSA) is 136 Å². The molecule has 0 spiro atoms. The molecule has 13 heteroatoms. The predicted octanol–water partition coefficient (Wildman–Crippen LogP) is 3.78. The molecule has 188 valence electrons. The Bertz CT molecular complexity index is 1260. The van der Waals surface area contributed by atoms with Crippen molar-refractivity contribution in [1.29, 1.82) is 0 Å². The van der Waals surface area contributed by atoms with Gasteiger partial charge in [0.1, 0.15) is 0 Å². The van der Waals surface area contributed by atoms with Crippen LogP contribution in [0.25, 0.3) is 0 Å². The van der Waals surface area contributed by atoms with Crippen LogP contribution < -0.4 is 34.3 Å². The number of hydrogen-bond acceptors (Lipinski definition) is 9. The van der Waals surface area contributed by atoms with Gasteiger partial charge in [-0.3, -0.25) is 4.72 Å². The normalized spacial score (nSPS) is 11.2. The lowest BCUT2D eigenvalue weighted by Gasteiger charge is -2.15. The number of ether oxygens (including phenoxy) is 3. The first-order valence-electron chi connectivity index (χ1n) is 10.4. The van der Waals surface area contributed by atoms with Crippen LogP contribution in [-0.2, 0) is 10.2 Å². The number of hydrogen-bond donors (Lipinski definition) is 4. The monoisotopic (exact) mass is 506 g/mol. The summed E-state index contributed by atoms with van der Waals surface area (Å²) in [5, 5.41) is 5.81. The smallest absolute Gasteiger partial charge is 0.299 e. The van der Waals surface area contributed by atoms with Crippen LogP contribution in [0, 0.1) is 5.82 Å². The molecule has 0 aliphatic heterocycles. The van der Waals surface area contributed by atoms with Crippen molar-refractivity contribution in [3.8, 4) is 17.2 Å². The summed E-state index contributed by atoms with van der Waals surface area (Å²) in [7, 11) is 0.720. The van der Waals surface area contributed by atoms with Gasteiger partial charge in [-0.1, -0.05) is 6.07 Å². The lowest BCUT2D eigenvalue weighted by Crippen LogP contribution is -2.35. The first kappa shape index (κ1) is 25.8. The summed E-state index contributed by atoms with van der Waals surface area (Å²) in [5.74, 6) is 0.536. The van der Waals surface area contributed by atoms with Crippen LogP contribution >= 0.6 is 0 Å². The molecule has 2 aromatic carbocycles. The van der Waals surface area contributed by atoms with Gasteiger partial charge in [0.05, 0.1) is 33.2 Å². The molecule has 0 aliphatic carbocycles. The molecule has 1 heterocycles. The fraction of sp³-hybridized carbons (Fsp3) is 0.273. The Kier molecular flexibility index (Phi) is 8.14. The summed E-state index contributed by atoms with van der Waals surface area (Å²) in [6.45, 7) is 3.41. The van der Waals surface area contributed by atoms with Gasteiger partial charge in [-0.05, 0) is 32.0 Å². The quantitative estimate of drug-likeness (QED) is 0.306. The highest BCUT2D eigenvalue weighted by molar-refractivity contribution is 7.90. The summed E-state index contributed by atoms with van der Waals surface area (Å²) in [6.07, 6.45) is 1.01. The van der Waals surface area contributed by atoms with Crippen LogP contribution in [0.3, 0.4) is 0 Å². The molecule has 11 nitrogen and oxygen atoms in total. The fourth-order valence-corrected chi connectivity index (χ4v) is 4.21. The van der Waals surface area contributed by atoms with E-state index in [1.165, 1.54) is 27.4 Å². The van der Waals surface area contributed by atoms with Crippen molar-refractivity contribution in [3.05, 3.63) is 48.4 Å². The first-order valence-corrected chi connectivity index (χ1v) is 11.9. The third kappa shape index (κ3) is 6.83. The predicted molar refractivity (Wildman–Crippen MR) is 132 cm³/mol. The number of nitrogens with one attached hydrogen (secondary N) is 4. The Labute approximate surface area is 203 Å². The maximum atomic E-state index is 14.5. The first-order chi connectivity index (χ1) is 16.6. The molecule has 3 aromatic rings. The van der Waals surface area contributed by atoms with Gasteiger partial charge in [0.2, 0.25) is 11.7 Å². The zero-order chi connectivity index (χ0) is 25.6. The van der Waals surface area contributed by atoms with Gasteiger partial charge in [0.25, 0.3) is 10.2 Å². The second-order valence-electron chi connectivity index (χ2n) is 7.51. The number of nitrogens with zero attached hydrogens (tertiary/aromatic N) is 2. The average molecular weight is 507 g/mol. The molecule has 0 amide bonds. The minimum absolute atomic E-state index is 0.0983. The second kappa shape index (κ2) is 11.1. The van der Waals surface area contributed by atoms with Gasteiger partial charge in [-0.2, -0.15) is 18.1 Å². The van der Waals surface area contributed by atoms with Crippen LogP contribution in [0.5, 0.6) is 17.2 Å². The van der Waals surface area contributed by atoms with E-state index in [-0.39, 0.29) is 23.5 Å². The van der Waals surface area contributed by atoms with Gasteiger partial charge < -0.3 is 24.8 Å². The lowest BCUT2D eigenvalue weighted by molar-refractivity contribution is 0.324. The highest BCUT2D eigenvalue weighted by atomic mass is 32.2. The minimum Gasteiger partial charge on any atom is -0.493 e. The summed E-state index contributed by atoms with van der Waals surface area (Å²) in [6, 6.07) is 9.36. The van der Waals surface area contributed by atoms with Gasteiger partial charge in [0.15, 0.2) is 23.1 Å². The lowest BCUT2D eigenvalue weighted by atomic mass is 10.2. The Morgan fingerprint density at radius 2 is 1.57 bits per heavy atom. The number of rotatable bonds is 11. The number of anilines is 5. The van der Waals surface area contributed by atoms with Crippen molar-refractivity contribution in [2.45, 2.75) is 19.9 Å². The van der Waals surface area contributed by atoms with E-state index in [9.17, 15) is 12.8 Å². The van der Waals surface area contributed by atoms with E-state index < -0.39 is 16.0 Å². The minimum atomic E-state index is -3.76. The van der Waals surface area contributed by atoms with Gasteiger partial charge >= 0.3 is 0 Å². The third-order valence-electron chi connectivity index (χ3n) is 4.43. The van der Waals surface area contributed by atoms with Crippen LogP contribution in [0.2, 0.25) is 0 Å². The second-order valence-corrected chi connectivity index (χ2v) is 8.96. The highest BCUT2D eigenvalue weighted by Gasteiger charge is 2.15. The standard InChI is InChI=1S/C22H27FN6O5S/c1-13(2)28-35(30,31)29-15-8-6-7-14(9-15)25-21-17(23)12-24-22(27-21)26-16-10-18(32-3)20(34-5)19(11-16)33-4/h6-13,28-29H,1-5H3,(H2,24,25,26,27). The molecule has 0 radical (unpaired) electrons. The van der Waals surface area contributed by atoms with Crippen molar-refractivity contribution in [2.75, 3.05) is 36.7 Å². The van der Waals surface area contributed by atoms with Crippen molar-refractivity contribution >= 4 is 39.0 Å². The maximum absolute atomic E-state index is 14.5. The Morgan fingerprint density at radius 3 is 2.17 bits per heavy atom. The molecule has 0 aliphatic rings. The van der Waals surface area contributed by atoms with E-state index in [1.807, 2.05) is 0 Å². The summed E-state index contributed by atoms with van der Waals surface area (Å²) in [5.41, 5.74) is 1.21. The molecule has 0 saturated heterocycles. The Morgan fingerprint density at radius 1 is 0.914 bits per heavy atom. The number of methoxy groups -OCH3 is 3. The summed E-state index contributed by atoms with van der Waals surface area (Å²) < 4.78 is 59.5. The molecular formula is C22H27FN6O5S.